The van der Waals surface area contributed by atoms with E-state index in [2.05, 4.69) is 34.6 Å². The molecule has 36 heavy (non-hydrogen) atoms. The number of carbonyl (C=O) groups excluding carboxylic acids is 1. The number of para-hydroxylation sites is 1. The molecule has 6 rings (SSSR count). The maximum absolute atomic E-state index is 13.1. The van der Waals surface area contributed by atoms with Crippen molar-refractivity contribution in [3.05, 3.63) is 111 Å². The summed E-state index contributed by atoms with van der Waals surface area (Å²) in [5.74, 6) is 1.20. The molecule has 2 bridgehead atoms. The summed E-state index contributed by atoms with van der Waals surface area (Å²) < 4.78 is 12.0. The summed E-state index contributed by atoms with van der Waals surface area (Å²) >= 11 is 0. The van der Waals surface area contributed by atoms with Crippen LogP contribution in [0.1, 0.15) is 61.6 Å². The summed E-state index contributed by atoms with van der Waals surface area (Å²) in [6, 6.07) is 22.2. The fraction of sp³-hybridized carbons (Fsp3) is 0.200. The number of ether oxygens (including phenoxy) is 2. The van der Waals surface area contributed by atoms with Crippen LogP contribution in [0.4, 0.5) is 5.82 Å². The number of aryl methyl sites for hydroxylation is 2. The van der Waals surface area contributed by atoms with Crippen molar-refractivity contribution in [2.24, 2.45) is 0 Å². The molecule has 3 N–H and O–H groups in total. The van der Waals surface area contributed by atoms with Crippen molar-refractivity contribution >= 4 is 11.7 Å². The fourth-order valence-corrected chi connectivity index (χ4v) is 5.46. The van der Waals surface area contributed by atoms with E-state index in [1.807, 2.05) is 56.3 Å². The van der Waals surface area contributed by atoms with E-state index >= 15 is 0 Å². The van der Waals surface area contributed by atoms with E-state index in [0.29, 0.717) is 17.9 Å². The van der Waals surface area contributed by atoms with Gasteiger partial charge in [0.25, 0.3) is 5.91 Å². The summed E-state index contributed by atoms with van der Waals surface area (Å²) in [5.41, 5.74) is 15.9. The van der Waals surface area contributed by atoms with E-state index in [1.165, 1.54) is 5.56 Å². The van der Waals surface area contributed by atoms with Crippen molar-refractivity contribution in [1.29, 1.82) is 0 Å². The smallest absolute Gasteiger partial charge is 0.251 e. The predicted octanol–water partition coefficient (Wildman–Crippen LogP) is 5.41. The lowest BCUT2D eigenvalue weighted by Gasteiger charge is -2.18. The van der Waals surface area contributed by atoms with E-state index in [9.17, 15) is 4.79 Å². The molecule has 2 atom stereocenters. The second kappa shape index (κ2) is 8.50. The van der Waals surface area contributed by atoms with Crippen molar-refractivity contribution in [3.8, 4) is 16.9 Å². The zero-order chi connectivity index (χ0) is 25.0. The van der Waals surface area contributed by atoms with E-state index in [1.54, 1.807) is 7.11 Å². The van der Waals surface area contributed by atoms with Gasteiger partial charge in [-0.1, -0.05) is 36.4 Å². The first-order valence-corrected chi connectivity index (χ1v) is 12.0. The molecular weight excluding hydrogens is 450 g/mol. The Morgan fingerprint density at radius 1 is 0.972 bits per heavy atom. The first-order chi connectivity index (χ1) is 17.4. The largest absolute Gasteiger partial charge is 0.496 e. The minimum Gasteiger partial charge on any atom is -0.496 e. The van der Waals surface area contributed by atoms with Crippen LogP contribution in [0.25, 0.3) is 11.1 Å². The Morgan fingerprint density at radius 3 is 2.47 bits per heavy atom. The van der Waals surface area contributed by atoms with Gasteiger partial charge in [-0.15, -0.1) is 0 Å². The quantitative estimate of drug-likeness (QED) is 0.401. The molecule has 2 unspecified atom stereocenters. The molecule has 0 saturated carbocycles. The average Bonchev–Trinajstić information content (AvgIpc) is 3.44. The number of amides is 1. The van der Waals surface area contributed by atoms with Crippen LogP contribution in [-0.4, -0.2) is 18.0 Å². The number of fused-ring (bicyclic) bond motifs is 8. The zero-order valence-electron chi connectivity index (χ0n) is 20.5. The second-order valence-electron chi connectivity index (χ2n) is 9.39. The standard InChI is InChI=1S/C30H27N3O3/c1-16-12-27(31)33-17(2)25(16)15-32-30(34)19-9-11-22-24(14-19)29-23-13-18(8-10-21(23)28(22)36-29)20-6-4-5-7-26(20)35-3/h4-14,28-29H,15H2,1-3H3,(H2,31,33)(H,32,34). The topological polar surface area (TPSA) is 86.5 Å². The number of nitrogens with zero attached hydrogens (tertiary/aromatic N) is 1. The highest BCUT2D eigenvalue weighted by Crippen LogP contribution is 2.55. The van der Waals surface area contributed by atoms with Gasteiger partial charge in [-0.2, -0.15) is 0 Å². The number of anilines is 1. The molecule has 4 aromatic rings. The number of nitrogens with one attached hydrogen (secondary N) is 1. The van der Waals surface area contributed by atoms with E-state index in [0.717, 1.165) is 50.4 Å². The molecule has 0 fully saturated rings. The minimum absolute atomic E-state index is 0.102. The first kappa shape index (κ1) is 22.3. The summed E-state index contributed by atoms with van der Waals surface area (Å²) in [4.78, 5) is 17.4. The predicted molar refractivity (Wildman–Crippen MR) is 139 cm³/mol. The lowest BCUT2D eigenvalue weighted by molar-refractivity contribution is 0.0857. The molecule has 2 aliphatic heterocycles. The van der Waals surface area contributed by atoms with Gasteiger partial charge < -0.3 is 20.5 Å². The maximum atomic E-state index is 13.1. The SMILES string of the molecule is COc1ccccc1-c1ccc2c(c1)C1OC2c2ccc(C(=O)NCc3c(C)cc(N)nc3C)cc21. The highest BCUT2D eigenvalue weighted by Gasteiger charge is 2.43. The molecular formula is C30H27N3O3. The van der Waals surface area contributed by atoms with Crippen LogP contribution in [0.2, 0.25) is 0 Å². The molecule has 0 aliphatic carbocycles. The van der Waals surface area contributed by atoms with Crippen LogP contribution in [0.15, 0.2) is 66.7 Å². The molecule has 1 amide bonds. The number of nitrogen functional groups attached to an aromatic ring is 1. The molecule has 3 aromatic carbocycles. The average molecular weight is 478 g/mol. The van der Waals surface area contributed by atoms with Crippen LogP contribution < -0.4 is 15.8 Å². The van der Waals surface area contributed by atoms with Crippen molar-refractivity contribution < 1.29 is 14.3 Å². The number of methoxy groups -OCH3 is 1. The summed E-state index contributed by atoms with van der Waals surface area (Å²) in [5, 5.41) is 3.04. The number of carbonyl (C=O) groups is 1. The fourth-order valence-electron chi connectivity index (χ4n) is 5.46. The third kappa shape index (κ3) is 3.53. The van der Waals surface area contributed by atoms with Crippen LogP contribution in [0.5, 0.6) is 5.75 Å². The second-order valence-corrected chi connectivity index (χ2v) is 9.39. The monoisotopic (exact) mass is 477 g/mol. The number of aromatic nitrogens is 1. The Hall–Kier alpha value is -4.16. The molecule has 1 aromatic heterocycles. The van der Waals surface area contributed by atoms with E-state index in [4.69, 9.17) is 15.2 Å². The molecule has 0 spiro atoms. The van der Waals surface area contributed by atoms with Crippen molar-refractivity contribution in [1.82, 2.24) is 10.3 Å². The third-order valence-electron chi connectivity index (χ3n) is 7.26. The Labute approximate surface area is 210 Å². The molecule has 180 valence electrons. The van der Waals surface area contributed by atoms with Gasteiger partial charge in [0.2, 0.25) is 0 Å². The number of benzene rings is 3. The van der Waals surface area contributed by atoms with E-state index < -0.39 is 0 Å². The normalized spacial score (nSPS) is 17.0. The number of hydrogen-bond donors (Lipinski definition) is 2. The highest BCUT2D eigenvalue weighted by molar-refractivity contribution is 5.94. The highest BCUT2D eigenvalue weighted by atomic mass is 16.5. The Bertz CT molecular complexity index is 1510. The maximum Gasteiger partial charge on any atom is 0.251 e. The summed E-state index contributed by atoms with van der Waals surface area (Å²) in [6.45, 7) is 4.28. The van der Waals surface area contributed by atoms with Gasteiger partial charge in [0.1, 0.15) is 23.8 Å². The Kier molecular flexibility index (Phi) is 5.27. The number of nitrogens with two attached hydrogens (primary N) is 1. The lowest BCUT2D eigenvalue weighted by atomic mass is 9.83. The number of hydrogen-bond acceptors (Lipinski definition) is 5. The Balaban J connectivity index is 1.27. The molecule has 3 heterocycles. The molecule has 6 nitrogen and oxygen atoms in total. The van der Waals surface area contributed by atoms with Crippen LogP contribution in [-0.2, 0) is 11.3 Å². The zero-order valence-corrected chi connectivity index (χ0v) is 20.5. The van der Waals surface area contributed by atoms with Crippen LogP contribution in [0.3, 0.4) is 0 Å². The third-order valence-corrected chi connectivity index (χ3v) is 7.26. The lowest BCUT2D eigenvalue weighted by Crippen LogP contribution is -2.24. The van der Waals surface area contributed by atoms with Gasteiger partial charge in [-0.25, -0.2) is 4.98 Å². The molecule has 0 saturated heterocycles. The summed E-state index contributed by atoms with van der Waals surface area (Å²) in [7, 11) is 1.69. The van der Waals surface area contributed by atoms with Crippen molar-refractivity contribution in [3.63, 3.8) is 0 Å². The number of pyridine rings is 1. The van der Waals surface area contributed by atoms with Gasteiger partial charge in [0.15, 0.2) is 0 Å². The van der Waals surface area contributed by atoms with Gasteiger partial charge in [0, 0.05) is 23.4 Å². The van der Waals surface area contributed by atoms with Gasteiger partial charge in [-0.3, -0.25) is 4.79 Å². The van der Waals surface area contributed by atoms with Gasteiger partial charge in [0.05, 0.1) is 7.11 Å². The van der Waals surface area contributed by atoms with Gasteiger partial charge in [-0.05, 0) is 83.1 Å². The van der Waals surface area contributed by atoms with Crippen LogP contribution in [0, 0.1) is 13.8 Å². The van der Waals surface area contributed by atoms with Crippen molar-refractivity contribution in [2.45, 2.75) is 32.6 Å². The molecule has 0 radical (unpaired) electrons. The van der Waals surface area contributed by atoms with Gasteiger partial charge >= 0.3 is 0 Å². The van der Waals surface area contributed by atoms with Crippen LogP contribution >= 0.6 is 0 Å². The molecule has 6 heteroatoms. The molecule has 2 aliphatic rings. The van der Waals surface area contributed by atoms with E-state index in [-0.39, 0.29) is 18.1 Å². The first-order valence-electron chi connectivity index (χ1n) is 12.0. The Morgan fingerprint density at radius 2 is 1.69 bits per heavy atom. The van der Waals surface area contributed by atoms with Crippen molar-refractivity contribution in [2.75, 3.05) is 12.8 Å². The summed E-state index contributed by atoms with van der Waals surface area (Å²) in [6.07, 6.45) is -0.289. The minimum atomic E-state index is -0.187. The number of rotatable bonds is 5.